The first-order chi connectivity index (χ1) is 17.6. The number of amides is 2. The van der Waals surface area contributed by atoms with Crippen molar-refractivity contribution in [1.82, 2.24) is 9.80 Å². The topological polar surface area (TPSA) is 89.6 Å². The maximum Gasteiger partial charge on any atom is 0.237 e. The highest BCUT2D eigenvalue weighted by molar-refractivity contribution is 5.93. The van der Waals surface area contributed by atoms with Crippen LogP contribution in [0.2, 0.25) is 0 Å². The van der Waals surface area contributed by atoms with Gasteiger partial charge in [-0.05, 0) is 68.6 Å². The number of fused-ring (bicyclic) bond motifs is 2. The summed E-state index contributed by atoms with van der Waals surface area (Å²) in [5.74, 6) is 2.97. The molecule has 0 spiro atoms. The summed E-state index contributed by atoms with van der Waals surface area (Å²) in [5, 5.41) is 3.00. The smallest absolute Gasteiger partial charge is 0.237 e. The minimum Gasteiger partial charge on any atom is -0.486 e. The van der Waals surface area contributed by atoms with Crippen LogP contribution in [-0.2, 0) is 9.59 Å². The normalized spacial score (nSPS) is 21.4. The Bertz CT molecular complexity index is 1150. The Balaban J connectivity index is 1.01. The van der Waals surface area contributed by atoms with Gasteiger partial charge in [0, 0.05) is 24.2 Å². The molecule has 36 heavy (non-hydrogen) atoms. The molecular formula is C27H31N3O6. The van der Waals surface area contributed by atoms with E-state index in [1.165, 1.54) is 0 Å². The molecule has 2 fully saturated rings. The van der Waals surface area contributed by atoms with Crippen molar-refractivity contribution in [3.05, 3.63) is 42.0 Å². The molecule has 6 rings (SSSR count). The van der Waals surface area contributed by atoms with Gasteiger partial charge in [0.1, 0.15) is 13.2 Å². The average molecular weight is 494 g/mol. The number of hydrogen-bond acceptors (Lipinski definition) is 7. The molecule has 2 aromatic carbocycles. The molecule has 4 aliphatic heterocycles. The van der Waals surface area contributed by atoms with Crippen LogP contribution in [0.4, 0.5) is 5.69 Å². The van der Waals surface area contributed by atoms with Crippen molar-refractivity contribution in [3.63, 3.8) is 0 Å². The Morgan fingerprint density at radius 3 is 2.42 bits per heavy atom. The fourth-order valence-electron chi connectivity index (χ4n) is 5.53. The number of hydrogen-bond donors (Lipinski definition) is 1. The quantitative estimate of drug-likeness (QED) is 0.684. The molecule has 0 bridgehead atoms. The SMILES string of the molecule is O=C(Nc1ccc2c(c1)OCO2)C1CCN(CC(=O)N2CCCC2c2ccc3c(c2)OCCO3)CC1. The van der Waals surface area contributed by atoms with Gasteiger partial charge >= 0.3 is 0 Å². The standard InChI is InChI=1S/C27H31N3O6/c31-26(30-9-1-2-21(30)19-3-5-22-24(14-19)34-13-12-33-22)16-29-10-7-18(8-11-29)27(32)28-20-4-6-23-25(15-20)36-17-35-23/h3-6,14-15,18,21H,1-2,7-13,16-17H2,(H,28,32). The number of ether oxygens (including phenoxy) is 4. The number of likely N-dealkylation sites (tertiary alicyclic amines) is 2. The van der Waals surface area contributed by atoms with Crippen LogP contribution in [-0.4, -0.2) is 67.8 Å². The van der Waals surface area contributed by atoms with Gasteiger partial charge in [0.25, 0.3) is 0 Å². The van der Waals surface area contributed by atoms with Crippen LogP contribution in [0.15, 0.2) is 36.4 Å². The van der Waals surface area contributed by atoms with Crippen LogP contribution in [0, 0.1) is 5.92 Å². The summed E-state index contributed by atoms with van der Waals surface area (Å²) in [5.41, 5.74) is 1.81. The first-order valence-corrected chi connectivity index (χ1v) is 12.8. The summed E-state index contributed by atoms with van der Waals surface area (Å²) >= 11 is 0. The highest BCUT2D eigenvalue weighted by Crippen LogP contribution is 2.38. The molecule has 2 saturated heterocycles. The summed E-state index contributed by atoms with van der Waals surface area (Å²) in [6.07, 6.45) is 3.41. The minimum atomic E-state index is -0.0703. The number of carbonyl (C=O) groups is 2. The lowest BCUT2D eigenvalue weighted by Gasteiger charge is -2.33. The van der Waals surface area contributed by atoms with E-state index in [4.69, 9.17) is 18.9 Å². The highest BCUT2D eigenvalue weighted by Gasteiger charge is 2.33. The summed E-state index contributed by atoms with van der Waals surface area (Å²) in [4.78, 5) is 30.3. The van der Waals surface area contributed by atoms with E-state index in [0.29, 0.717) is 36.9 Å². The zero-order chi connectivity index (χ0) is 24.5. The monoisotopic (exact) mass is 493 g/mol. The third kappa shape index (κ3) is 4.67. The molecule has 2 aromatic rings. The van der Waals surface area contributed by atoms with Crippen molar-refractivity contribution in [2.75, 3.05) is 51.5 Å². The zero-order valence-corrected chi connectivity index (χ0v) is 20.2. The summed E-state index contributed by atoms with van der Waals surface area (Å²) in [6.45, 7) is 3.94. The third-order valence-corrected chi connectivity index (χ3v) is 7.48. The van der Waals surface area contributed by atoms with Gasteiger partial charge in [0.05, 0.1) is 12.6 Å². The van der Waals surface area contributed by atoms with Crippen molar-refractivity contribution in [3.8, 4) is 23.0 Å². The van der Waals surface area contributed by atoms with E-state index in [2.05, 4.69) is 10.2 Å². The summed E-state index contributed by atoms with van der Waals surface area (Å²) in [7, 11) is 0. The van der Waals surface area contributed by atoms with E-state index in [1.807, 2.05) is 35.2 Å². The van der Waals surface area contributed by atoms with Crippen LogP contribution in [0.1, 0.15) is 37.3 Å². The van der Waals surface area contributed by atoms with Gasteiger partial charge in [0.15, 0.2) is 23.0 Å². The van der Waals surface area contributed by atoms with Crippen LogP contribution in [0.3, 0.4) is 0 Å². The second-order valence-corrected chi connectivity index (χ2v) is 9.76. The maximum atomic E-state index is 13.3. The number of rotatable bonds is 5. The lowest BCUT2D eigenvalue weighted by molar-refractivity contribution is -0.133. The molecule has 9 nitrogen and oxygen atoms in total. The third-order valence-electron chi connectivity index (χ3n) is 7.48. The second kappa shape index (κ2) is 9.89. The molecule has 1 atom stereocenters. The van der Waals surface area contributed by atoms with Crippen molar-refractivity contribution < 1.29 is 28.5 Å². The van der Waals surface area contributed by atoms with Gasteiger partial charge < -0.3 is 29.2 Å². The van der Waals surface area contributed by atoms with E-state index in [0.717, 1.165) is 62.4 Å². The van der Waals surface area contributed by atoms with Gasteiger partial charge in [-0.15, -0.1) is 0 Å². The van der Waals surface area contributed by atoms with E-state index >= 15 is 0 Å². The molecule has 4 aliphatic rings. The Hall–Kier alpha value is -3.46. The molecule has 4 heterocycles. The molecule has 1 unspecified atom stereocenters. The molecule has 190 valence electrons. The number of piperidine rings is 1. The number of anilines is 1. The van der Waals surface area contributed by atoms with Crippen molar-refractivity contribution in [2.24, 2.45) is 5.92 Å². The lowest BCUT2D eigenvalue weighted by atomic mass is 9.95. The number of nitrogens with one attached hydrogen (secondary N) is 1. The summed E-state index contributed by atoms with van der Waals surface area (Å²) in [6, 6.07) is 11.5. The summed E-state index contributed by atoms with van der Waals surface area (Å²) < 4.78 is 22.1. The van der Waals surface area contributed by atoms with Crippen molar-refractivity contribution >= 4 is 17.5 Å². The van der Waals surface area contributed by atoms with E-state index < -0.39 is 0 Å². The maximum absolute atomic E-state index is 13.3. The van der Waals surface area contributed by atoms with Gasteiger partial charge in [-0.3, -0.25) is 14.5 Å². The minimum absolute atomic E-state index is 0.0121. The molecule has 0 saturated carbocycles. The predicted molar refractivity (Wildman–Crippen MR) is 131 cm³/mol. The zero-order valence-electron chi connectivity index (χ0n) is 20.2. The van der Waals surface area contributed by atoms with Crippen molar-refractivity contribution in [2.45, 2.75) is 31.7 Å². The fraction of sp³-hybridized carbons (Fsp3) is 0.481. The molecule has 0 aromatic heterocycles. The van der Waals surface area contributed by atoms with Gasteiger partial charge in [-0.1, -0.05) is 6.07 Å². The highest BCUT2D eigenvalue weighted by atomic mass is 16.7. The van der Waals surface area contributed by atoms with Crippen LogP contribution in [0.5, 0.6) is 23.0 Å². The average Bonchev–Trinajstić information content (AvgIpc) is 3.58. The van der Waals surface area contributed by atoms with E-state index in [1.54, 1.807) is 6.07 Å². The van der Waals surface area contributed by atoms with Crippen molar-refractivity contribution in [1.29, 1.82) is 0 Å². The molecular weight excluding hydrogens is 462 g/mol. The Morgan fingerprint density at radius 1 is 0.833 bits per heavy atom. The Labute approximate surface area is 210 Å². The number of carbonyl (C=O) groups excluding carboxylic acids is 2. The fourth-order valence-corrected chi connectivity index (χ4v) is 5.53. The molecule has 1 N–H and O–H groups in total. The largest absolute Gasteiger partial charge is 0.486 e. The lowest BCUT2D eigenvalue weighted by Crippen LogP contribution is -2.44. The van der Waals surface area contributed by atoms with Crippen LogP contribution in [0.25, 0.3) is 0 Å². The predicted octanol–water partition coefficient (Wildman–Crippen LogP) is 3.20. The Morgan fingerprint density at radius 2 is 1.56 bits per heavy atom. The van der Waals surface area contributed by atoms with E-state index in [9.17, 15) is 9.59 Å². The first kappa shape index (κ1) is 23.0. The Kier molecular flexibility index (Phi) is 6.31. The van der Waals surface area contributed by atoms with Gasteiger partial charge in [-0.2, -0.15) is 0 Å². The van der Waals surface area contributed by atoms with Gasteiger partial charge in [-0.25, -0.2) is 0 Å². The molecule has 9 heteroatoms. The number of benzene rings is 2. The molecule has 0 radical (unpaired) electrons. The molecule has 0 aliphatic carbocycles. The molecule has 2 amide bonds. The van der Waals surface area contributed by atoms with Crippen LogP contribution >= 0.6 is 0 Å². The first-order valence-electron chi connectivity index (χ1n) is 12.8. The van der Waals surface area contributed by atoms with Gasteiger partial charge in [0.2, 0.25) is 18.6 Å². The number of nitrogens with zero attached hydrogens (tertiary/aromatic N) is 2. The van der Waals surface area contributed by atoms with Crippen LogP contribution < -0.4 is 24.3 Å². The second-order valence-electron chi connectivity index (χ2n) is 9.76. The van der Waals surface area contributed by atoms with E-state index in [-0.39, 0.29) is 30.6 Å².